The molecule has 0 spiro atoms. The molecule has 1 rings (SSSR count). The molecule has 0 bridgehead atoms. The Hall–Kier alpha value is -1.30. The number of hydrogen-bond acceptors (Lipinski definition) is 3. The molecular formula is C16H32N4O2. The largest absolute Gasteiger partial charge is 0.383 e. The second-order valence-electron chi connectivity index (χ2n) is 7.51. The molecule has 1 heterocycles. The number of aliphatic hydroxyl groups is 1. The highest BCUT2D eigenvalue weighted by atomic mass is 16.3. The fourth-order valence-electron chi connectivity index (χ4n) is 2.43. The van der Waals surface area contributed by atoms with Gasteiger partial charge in [-0.15, -0.1) is 0 Å². The summed E-state index contributed by atoms with van der Waals surface area (Å²) >= 11 is 0. The van der Waals surface area contributed by atoms with Crippen LogP contribution in [0.3, 0.4) is 0 Å². The van der Waals surface area contributed by atoms with Crippen LogP contribution in [-0.2, 0) is 4.79 Å². The molecule has 1 amide bonds. The van der Waals surface area contributed by atoms with Crippen molar-refractivity contribution in [1.29, 1.82) is 0 Å². The lowest BCUT2D eigenvalue weighted by Gasteiger charge is -2.33. The number of nitrogens with one attached hydrogen (secondary N) is 1. The van der Waals surface area contributed by atoms with E-state index in [1.165, 1.54) is 0 Å². The van der Waals surface area contributed by atoms with Crippen molar-refractivity contribution in [2.45, 2.75) is 59.1 Å². The maximum Gasteiger partial charge on any atom is 0.249 e. The van der Waals surface area contributed by atoms with Crippen LogP contribution < -0.4 is 11.1 Å². The van der Waals surface area contributed by atoms with Gasteiger partial charge in [0.15, 0.2) is 5.96 Å². The van der Waals surface area contributed by atoms with Crippen LogP contribution in [-0.4, -0.2) is 53.2 Å². The molecule has 0 aromatic carbocycles. The van der Waals surface area contributed by atoms with Crippen LogP contribution >= 0.6 is 0 Å². The number of piperidine rings is 1. The topological polar surface area (TPSA) is 91.0 Å². The van der Waals surface area contributed by atoms with E-state index >= 15 is 0 Å². The average Bonchev–Trinajstić information content (AvgIpc) is 2.42. The molecule has 1 atom stereocenters. The number of rotatable bonds is 4. The Bertz CT molecular complexity index is 393. The highest BCUT2D eigenvalue weighted by molar-refractivity contribution is 5.80. The molecular weight excluding hydrogens is 280 g/mol. The normalized spacial score (nSPS) is 19.4. The number of likely N-dealkylation sites (tertiary alicyclic amines) is 1. The van der Waals surface area contributed by atoms with Gasteiger partial charge in [-0.25, -0.2) is 4.99 Å². The molecule has 6 nitrogen and oxygen atoms in total. The minimum absolute atomic E-state index is 0.0599. The van der Waals surface area contributed by atoms with Crippen molar-refractivity contribution < 1.29 is 9.90 Å². The number of guanidine groups is 1. The minimum atomic E-state index is -0.922. The molecule has 128 valence electrons. The molecule has 0 aromatic heterocycles. The summed E-state index contributed by atoms with van der Waals surface area (Å²) in [5.74, 6) is 0.703. The Kier molecular flexibility index (Phi) is 6.66. The number of carbonyl (C=O) groups excluding carboxylic acids is 1. The van der Waals surface area contributed by atoms with E-state index < -0.39 is 6.10 Å². The molecule has 1 saturated heterocycles. The SMILES string of the molecule is CC(C)[C@H](O)C(=O)NCC1CCN(C(N)=NC(C)(C)C)CC1. The molecule has 6 heteroatoms. The van der Waals surface area contributed by atoms with E-state index in [0.717, 1.165) is 25.9 Å². The van der Waals surface area contributed by atoms with Crippen LogP contribution in [0.2, 0.25) is 0 Å². The van der Waals surface area contributed by atoms with E-state index in [-0.39, 0.29) is 17.4 Å². The molecule has 0 radical (unpaired) electrons. The fraction of sp³-hybridized carbons (Fsp3) is 0.875. The summed E-state index contributed by atoms with van der Waals surface area (Å²) in [6, 6.07) is 0. The van der Waals surface area contributed by atoms with Gasteiger partial charge in [0.05, 0.1) is 5.54 Å². The predicted molar refractivity (Wildman–Crippen MR) is 89.5 cm³/mol. The monoisotopic (exact) mass is 312 g/mol. The number of aliphatic imine (C=N–C) groups is 1. The lowest BCUT2D eigenvalue weighted by Crippen LogP contribution is -2.46. The van der Waals surface area contributed by atoms with Crippen LogP contribution in [0.15, 0.2) is 4.99 Å². The van der Waals surface area contributed by atoms with Crippen molar-refractivity contribution in [1.82, 2.24) is 10.2 Å². The van der Waals surface area contributed by atoms with Crippen molar-refractivity contribution in [2.75, 3.05) is 19.6 Å². The summed E-state index contributed by atoms with van der Waals surface area (Å²) in [6.07, 6.45) is 1.02. The predicted octanol–water partition coefficient (Wildman–Crippen LogP) is 0.945. The van der Waals surface area contributed by atoms with Gasteiger partial charge < -0.3 is 21.1 Å². The van der Waals surface area contributed by atoms with Crippen molar-refractivity contribution in [3.8, 4) is 0 Å². The number of amides is 1. The van der Waals surface area contributed by atoms with Crippen molar-refractivity contribution in [2.24, 2.45) is 22.6 Å². The number of hydrogen-bond donors (Lipinski definition) is 3. The second kappa shape index (κ2) is 7.81. The third-order valence-electron chi connectivity index (χ3n) is 3.85. The first kappa shape index (κ1) is 18.7. The smallest absolute Gasteiger partial charge is 0.249 e. The molecule has 4 N–H and O–H groups in total. The number of aliphatic hydroxyl groups excluding tert-OH is 1. The first-order valence-electron chi connectivity index (χ1n) is 8.16. The molecule has 22 heavy (non-hydrogen) atoms. The summed E-state index contributed by atoms with van der Waals surface area (Å²) in [4.78, 5) is 18.3. The quantitative estimate of drug-likeness (QED) is 0.532. The molecule has 1 fully saturated rings. The first-order valence-corrected chi connectivity index (χ1v) is 8.16. The Labute approximate surface area is 134 Å². The van der Waals surface area contributed by atoms with Crippen LogP contribution in [0.25, 0.3) is 0 Å². The van der Waals surface area contributed by atoms with Crippen molar-refractivity contribution >= 4 is 11.9 Å². The molecule has 0 saturated carbocycles. The third kappa shape index (κ3) is 6.22. The zero-order valence-corrected chi connectivity index (χ0v) is 14.6. The Balaban J connectivity index is 2.37. The van der Waals surface area contributed by atoms with E-state index in [9.17, 15) is 9.90 Å². The van der Waals surface area contributed by atoms with E-state index in [1.54, 1.807) is 0 Å². The third-order valence-corrected chi connectivity index (χ3v) is 3.85. The van der Waals surface area contributed by atoms with Crippen molar-refractivity contribution in [3.63, 3.8) is 0 Å². The second-order valence-corrected chi connectivity index (χ2v) is 7.51. The molecule has 0 unspecified atom stereocenters. The summed E-state index contributed by atoms with van der Waals surface area (Å²) in [7, 11) is 0. The van der Waals surface area contributed by atoms with Crippen LogP contribution in [0.1, 0.15) is 47.5 Å². The van der Waals surface area contributed by atoms with Gasteiger partial charge in [0, 0.05) is 19.6 Å². The molecule has 1 aliphatic heterocycles. The van der Waals surface area contributed by atoms with E-state index in [4.69, 9.17) is 5.73 Å². The van der Waals surface area contributed by atoms with Crippen LogP contribution in [0.5, 0.6) is 0 Å². The average molecular weight is 312 g/mol. The molecule has 0 aliphatic carbocycles. The van der Waals surface area contributed by atoms with Crippen LogP contribution in [0, 0.1) is 11.8 Å². The van der Waals surface area contributed by atoms with E-state index in [1.807, 2.05) is 34.6 Å². The van der Waals surface area contributed by atoms with Crippen LogP contribution in [0.4, 0.5) is 0 Å². The Morgan fingerprint density at radius 2 is 1.91 bits per heavy atom. The first-order chi connectivity index (χ1) is 10.1. The summed E-state index contributed by atoms with van der Waals surface area (Å²) in [5.41, 5.74) is 5.88. The van der Waals surface area contributed by atoms with Gasteiger partial charge in [-0.05, 0) is 45.4 Å². The number of nitrogens with zero attached hydrogens (tertiary/aromatic N) is 2. The molecule has 1 aliphatic rings. The lowest BCUT2D eigenvalue weighted by molar-refractivity contribution is -0.131. The van der Waals surface area contributed by atoms with E-state index in [2.05, 4.69) is 15.2 Å². The Morgan fingerprint density at radius 3 is 2.36 bits per heavy atom. The summed E-state index contributed by atoms with van der Waals surface area (Å²) < 4.78 is 0. The van der Waals surface area contributed by atoms with Gasteiger partial charge in [-0.3, -0.25) is 4.79 Å². The Morgan fingerprint density at radius 1 is 1.36 bits per heavy atom. The number of carbonyl (C=O) groups is 1. The van der Waals surface area contributed by atoms with E-state index in [0.29, 0.717) is 18.4 Å². The summed E-state index contributed by atoms with van der Waals surface area (Å²) in [5, 5.41) is 12.5. The van der Waals surface area contributed by atoms with Gasteiger partial charge in [0.25, 0.3) is 0 Å². The highest BCUT2D eigenvalue weighted by Gasteiger charge is 2.24. The summed E-state index contributed by atoms with van der Waals surface area (Å²) in [6.45, 7) is 12.1. The number of nitrogens with two attached hydrogens (primary N) is 1. The fourth-order valence-corrected chi connectivity index (χ4v) is 2.43. The highest BCUT2D eigenvalue weighted by Crippen LogP contribution is 2.17. The van der Waals surface area contributed by atoms with Gasteiger partial charge in [0.1, 0.15) is 6.10 Å². The molecule has 0 aromatic rings. The standard InChI is InChI=1S/C16H32N4O2/c1-11(2)13(21)14(22)18-10-12-6-8-20(9-7-12)15(17)19-16(3,4)5/h11-13,21H,6-10H2,1-5H3,(H2,17,19)(H,18,22)/t13-/m0/s1. The van der Waals surface area contributed by atoms with Crippen molar-refractivity contribution in [3.05, 3.63) is 0 Å². The minimum Gasteiger partial charge on any atom is -0.383 e. The maximum atomic E-state index is 11.7. The van der Waals surface area contributed by atoms with Gasteiger partial charge >= 0.3 is 0 Å². The van der Waals surface area contributed by atoms with Gasteiger partial charge in [-0.1, -0.05) is 13.8 Å². The zero-order chi connectivity index (χ0) is 16.9. The van der Waals surface area contributed by atoms with Gasteiger partial charge in [0.2, 0.25) is 5.91 Å². The lowest BCUT2D eigenvalue weighted by atomic mass is 9.96. The zero-order valence-electron chi connectivity index (χ0n) is 14.6. The van der Waals surface area contributed by atoms with Gasteiger partial charge in [-0.2, -0.15) is 0 Å². The maximum absolute atomic E-state index is 11.7.